The highest BCUT2D eigenvalue weighted by molar-refractivity contribution is 7.11. The molecule has 4 nitrogen and oxygen atoms in total. The van der Waals surface area contributed by atoms with Crippen molar-refractivity contribution in [3.8, 4) is 0 Å². The Morgan fingerprint density at radius 3 is 2.69 bits per heavy atom. The Bertz CT molecular complexity index is 349. The highest BCUT2D eigenvalue weighted by Crippen LogP contribution is 2.21. The highest BCUT2D eigenvalue weighted by Gasteiger charge is 2.11. The van der Waals surface area contributed by atoms with Gasteiger partial charge in [0.2, 0.25) is 5.91 Å². The first-order valence-electron chi connectivity index (χ1n) is 5.44. The number of likely N-dealkylation sites (N-methyl/N-ethyl adjacent to an activating group) is 1. The molecule has 0 aromatic carbocycles. The van der Waals surface area contributed by atoms with Crippen molar-refractivity contribution < 1.29 is 4.79 Å². The van der Waals surface area contributed by atoms with E-state index < -0.39 is 0 Å². The van der Waals surface area contributed by atoms with Crippen LogP contribution < -0.4 is 10.6 Å². The van der Waals surface area contributed by atoms with Crippen LogP contribution in [0.2, 0.25) is 0 Å². The molecule has 1 amide bonds. The molecule has 0 aliphatic rings. The highest BCUT2D eigenvalue weighted by atomic mass is 32.1. The summed E-state index contributed by atoms with van der Waals surface area (Å²) >= 11 is 1.70. The molecule has 0 radical (unpaired) electrons. The van der Waals surface area contributed by atoms with Crippen molar-refractivity contribution >= 4 is 17.2 Å². The van der Waals surface area contributed by atoms with Crippen LogP contribution >= 0.6 is 11.3 Å². The summed E-state index contributed by atoms with van der Waals surface area (Å²) in [6.45, 7) is 6.79. The summed E-state index contributed by atoms with van der Waals surface area (Å²) in [4.78, 5) is 16.9. The van der Waals surface area contributed by atoms with Gasteiger partial charge in [-0.05, 0) is 12.8 Å². The Morgan fingerprint density at radius 1 is 1.50 bits per heavy atom. The molecule has 1 aromatic heterocycles. The summed E-state index contributed by atoms with van der Waals surface area (Å²) in [5.74, 6) is 0.517. The summed E-state index contributed by atoms with van der Waals surface area (Å²) in [7, 11) is 1.64. The van der Waals surface area contributed by atoms with Crippen LogP contribution in [0.4, 0.5) is 0 Å². The predicted octanol–water partition coefficient (Wildman–Crippen LogP) is 1.49. The number of carbonyl (C=O) groups is 1. The van der Waals surface area contributed by atoms with Gasteiger partial charge in [0.15, 0.2) is 0 Å². The second kappa shape index (κ2) is 5.96. The Kier molecular flexibility index (Phi) is 4.89. The number of carbonyl (C=O) groups excluding carboxylic acids is 1. The van der Waals surface area contributed by atoms with Crippen LogP contribution in [0.25, 0.3) is 0 Å². The van der Waals surface area contributed by atoms with Crippen LogP contribution in [0.1, 0.15) is 36.6 Å². The van der Waals surface area contributed by atoms with Crippen LogP contribution in [0, 0.1) is 0 Å². The lowest BCUT2D eigenvalue weighted by molar-refractivity contribution is -0.122. The maximum Gasteiger partial charge on any atom is 0.236 e. The normalized spacial score (nSPS) is 12.8. The maximum absolute atomic E-state index is 11.3. The maximum atomic E-state index is 11.3. The molecule has 90 valence electrons. The van der Waals surface area contributed by atoms with E-state index in [1.807, 2.05) is 13.1 Å². The van der Waals surface area contributed by atoms with Gasteiger partial charge in [-0.2, -0.15) is 0 Å². The first kappa shape index (κ1) is 13.1. The summed E-state index contributed by atoms with van der Waals surface area (Å²) in [6, 6.07) is -0.184. The molecular weight excluding hydrogens is 222 g/mol. The monoisotopic (exact) mass is 241 g/mol. The summed E-state index contributed by atoms with van der Waals surface area (Å²) < 4.78 is 0. The molecule has 0 unspecified atom stereocenters. The minimum Gasteiger partial charge on any atom is -0.358 e. The molecule has 1 aromatic rings. The van der Waals surface area contributed by atoms with E-state index in [0.717, 1.165) is 5.01 Å². The van der Waals surface area contributed by atoms with Gasteiger partial charge in [0, 0.05) is 24.7 Å². The molecule has 0 spiro atoms. The van der Waals surface area contributed by atoms with E-state index >= 15 is 0 Å². The van der Waals surface area contributed by atoms with Crippen molar-refractivity contribution in [2.45, 2.75) is 39.3 Å². The molecular formula is C11H19N3OS. The molecule has 0 saturated heterocycles. The fourth-order valence-corrected chi connectivity index (χ4v) is 2.10. The number of hydrogen-bond acceptors (Lipinski definition) is 4. The van der Waals surface area contributed by atoms with Crippen molar-refractivity contribution in [3.05, 3.63) is 16.1 Å². The van der Waals surface area contributed by atoms with E-state index in [0.29, 0.717) is 12.5 Å². The minimum atomic E-state index is -0.184. The molecule has 2 N–H and O–H groups in total. The van der Waals surface area contributed by atoms with Crippen molar-refractivity contribution in [3.63, 3.8) is 0 Å². The quantitative estimate of drug-likeness (QED) is 0.821. The number of aromatic nitrogens is 1. The molecule has 0 saturated carbocycles. The standard InChI is InChI=1S/C11H19N3OS/c1-7(2)9-5-14-10(16-9)6-13-8(3)11(15)12-4/h5,7-8,13H,6H2,1-4H3,(H,12,15)/t8-/m1/s1. The molecule has 0 bridgehead atoms. The van der Waals surface area contributed by atoms with Crippen molar-refractivity contribution in [1.82, 2.24) is 15.6 Å². The van der Waals surface area contributed by atoms with Gasteiger partial charge in [-0.15, -0.1) is 11.3 Å². The number of hydrogen-bond donors (Lipinski definition) is 2. The smallest absolute Gasteiger partial charge is 0.236 e. The van der Waals surface area contributed by atoms with Gasteiger partial charge in [0.1, 0.15) is 5.01 Å². The Hall–Kier alpha value is -0.940. The lowest BCUT2D eigenvalue weighted by Crippen LogP contribution is -2.40. The van der Waals surface area contributed by atoms with Crippen molar-refractivity contribution in [1.29, 1.82) is 0 Å². The topological polar surface area (TPSA) is 54.0 Å². The van der Waals surface area contributed by atoms with Gasteiger partial charge in [-0.3, -0.25) is 10.1 Å². The average molecular weight is 241 g/mol. The second-order valence-electron chi connectivity index (χ2n) is 4.03. The van der Waals surface area contributed by atoms with Crippen LogP contribution in [-0.4, -0.2) is 24.0 Å². The zero-order valence-electron chi connectivity index (χ0n) is 10.2. The fraction of sp³-hybridized carbons (Fsp3) is 0.636. The van der Waals surface area contributed by atoms with E-state index in [9.17, 15) is 4.79 Å². The third-order valence-corrected chi connectivity index (χ3v) is 3.64. The third kappa shape index (κ3) is 3.57. The van der Waals surface area contributed by atoms with Crippen LogP contribution in [0.15, 0.2) is 6.20 Å². The predicted molar refractivity (Wildman–Crippen MR) is 66.6 cm³/mol. The van der Waals surface area contributed by atoms with E-state index in [1.54, 1.807) is 18.4 Å². The van der Waals surface area contributed by atoms with Gasteiger partial charge in [0.05, 0.1) is 6.04 Å². The molecule has 1 rings (SSSR count). The van der Waals surface area contributed by atoms with Gasteiger partial charge < -0.3 is 5.32 Å². The van der Waals surface area contributed by atoms with E-state index in [4.69, 9.17) is 0 Å². The Labute approximate surface area is 100 Å². The van der Waals surface area contributed by atoms with Gasteiger partial charge >= 0.3 is 0 Å². The minimum absolute atomic E-state index is 0.000592. The lowest BCUT2D eigenvalue weighted by atomic mass is 10.2. The van der Waals surface area contributed by atoms with Crippen molar-refractivity contribution in [2.75, 3.05) is 7.05 Å². The fourth-order valence-electron chi connectivity index (χ4n) is 1.22. The summed E-state index contributed by atoms with van der Waals surface area (Å²) in [5, 5.41) is 6.77. The van der Waals surface area contributed by atoms with E-state index in [1.165, 1.54) is 4.88 Å². The number of nitrogens with zero attached hydrogens (tertiary/aromatic N) is 1. The largest absolute Gasteiger partial charge is 0.358 e. The zero-order valence-corrected chi connectivity index (χ0v) is 11.0. The molecule has 0 aliphatic carbocycles. The van der Waals surface area contributed by atoms with E-state index in [2.05, 4.69) is 29.5 Å². The Morgan fingerprint density at radius 2 is 2.19 bits per heavy atom. The first-order valence-corrected chi connectivity index (χ1v) is 6.25. The average Bonchev–Trinajstić information content (AvgIpc) is 2.73. The third-order valence-electron chi connectivity index (χ3n) is 2.34. The van der Waals surface area contributed by atoms with Crippen LogP contribution in [0.3, 0.4) is 0 Å². The number of rotatable bonds is 5. The number of thiazole rings is 1. The van der Waals surface area contributed by atoms with Gasteiger partial charge in [-0.25, -0.2) is 4.98 Å². The Balaban J connectivity index is 2.45. The molecule has 1 heterocycles. The molecule has 16 heavy (non-hydrogen) atoms. The second-order valence-corrected chi connectivity index (χ2v) is 5.17. The van der Waals surface area contributed by atoms with E-state index in [-0.39, 0.29) is 11.9 Å². The molecule has 0 aliphatic heterocycles. The van der Waals surface area contributed by atoms with Crippen LogP contribution in [-0.2, 0) is 11.3 Å². The lowest BCUT2D eigenvalue weighted by Gasteiger charge is -2.10. The van der Waals surface area contributed by atoms with Crippen LogP contribution in [0.5, 0.6) is 0 Å². The summed E-state index contributed by atoms with van der Waals surface area (Å²) in [6.07, 6.45) is 1.91. The molecule has 1 atom stereocenters. The molecule has 0 fully saturated rings. The van der Waals surface area contributed by atoms with Gasteiger partial charge in [0.25, 0.3) is 0 Å². The molecule has 5 heteroatoms. The zero-order chi connectivity index (χ0) is 12.1. The summed E-state index contributed by atoms with van der Waals surface area (Å²) in [5.41, 5.74) is 0. The SMILES string of the molecule is CNC(=O)[C@@H](C)NCc1ncc(C(C)C)s1. The van der Waals surface area contributed by atoms with Gasteiger partial charge in [-0.1, -0.05) is 13.8 Å². The first-order chi connectivity index (χ1) is 7.54. The number of amides is 1. The van der Waals surface area contributed by atoms with Crippen molar-refractivity contribution in [2.24, 2.45) is 0 Å². The number of nitrogens with one attached hydrogen (secondary N) is 2.